The van der Waals surface area contributed by atoms with E-state index in [9.17, 15) is 4.39 Å². The van der Waals surface area contributed by atoms with Gasteiger partial charge in [0.1, 0.15) is 5.82 Å². The maximum absolute atomic E-state index is 13.5. The molecule has 0 saturated carbocycles. The van der Waals surface area contributed by atoms with Gasteiger partial charge in [-0.2, -0.15) is 0 Å². The van der Waals surface area contributed by atoms with Crippen LogP contribution in [0.2, 0.25) is 0 Å². The highest BCUT2D eigenvalue weighted by Gasteiger charge is 2.08. The number of nitrogens with zero attached hydrogens (tertiary/aromatic N) is 1. The monoisotopic (exact) mass is 328 g/mol. The van der Waals surface area contributed by atoms with E-state index in [0.29, 0.717) is 6.54 Å². The Morgan fingerprint density at radius 2 is 1.44 bits per heavy atom. The van der Waals surface area contributed by atoms with Crippen LogP contribution in [-0.4, -0.2) is 4.98 Å². The summed E-state index contributed by atoms with van der Waals surface area (Å²) in [5.41, 5.74) is 11.7. The van der Waals surface area contributed by atoms with Gasteiger partial charge < -0.3 is 5.73 Å². The van der Waals surface area contributed by atoms with E-state index >= 15 is 0 Å². The minimum atomic E-state index is -0.274. The summed E-state index contributed by atoms with van der Waals surface area (Å²) in [5, 5.41) is 0.771. The molecule has 2 nitrogen and oxygen atoms in total. The molecule has 0 radical (unpaired) electrons. The highest BCUT2D eigenvalue weighted by molar-refractivity contribution is 5.85. The zero-order valence-corrected chi connectivity index (χ0v) is 13.6. The second kappa shape index (κ2) is 6.46. The van der Waals surface area contributed by atoms with E-state index in [1.807, 2.05) is 24.3 Å². The number of aromatic nitrogens is 1. The predicted octanol–water partition coefficient (Wildman–Crippen LogP) is 5.17. The van der Waals surface area contributed by atoms with Gasteiger partial charge in [-0.3, -0.25) is 0 Å². The molecule has 122 valence electrons. The molecule has 3 aromatic carbocycles. The molecule has 0 atom stereocenters. The predicted molar refractivity (Wildman–Crippen MR) is 100 cm³/mol. The Morgan fingerprint density at radius 3 is 2.16 bits per heavy atom. The van der Waals surface area contributed by atoms with Crippen molar-refractivity contribution < 1.29 is 4.39 Å². The van der Waals surface area contributed by atoms with Crippen molar-refractivity contribution in [2.24, 2.45) is 5.73 Å². The molecule has 0 bridgehead atoms. The average molecular weight is 328 g/mol. The summed E-state index contributed by atoms with van der Waals surface area (Å²) in [6.07, 6.45) is 0. The third-order valence-corrected chi connectivity index (χ3v) is 4.36. The summed E-state index contributed by atoms with van der Waals surface area (Å²) in [7, 11) is 0. The van der Waals surface area contributed by atoms with Gasteiger partial charge >= 0.3 is 0 Å². The first-order valence-corrected chi connectivity index (χ1v) is 8.20. The number of nitrogens with two attached hydrogens (primary N) is 1. The lowest BCUT2D eigenvalue weighted by Gasteiger charge is -2.09. The fourth-order valence-corrected chi connectivity index (χ4v) is 3.05. The van der Waals surface area contributed by atoms with E-state index in [1.54, 1.807) is 6.07 Å². The van der Waals surface area contributed by atoms with Gasteiger partial charge in [0.05, 0.1) is 11.2 Å². The van der Waals surface area contributed by atoms with Crippen LogP contribution in [0.25, 0.3) is 33.3 Å². The van der Waals surface area contributed by atoms with Crippen LogP contribution in [0.4, 0.5) is 4.39 Å². The first kappa shape index (κ1) is 15.5. The van der Waals surface area contributed by atoms with Crippen molar-refractivity contribution in [1.82, 2.24) is 4.98 Å². The Hall–Kier alpha value is -3.04. The molecule has 3 heteroatoms. The van der Waals surface area contributed by atoms with Gasteiger partial charge in [0.2, 0.25) is 0 Å². The Labute approximate surface area is 145 Å². The summed E-state index contributed by atoms with van der Waals surface area (Å²) in [6, 6.07) is 25.1. The molecule has 0 aliphatic rings. The van der Waals surface area contributed by atoms with Crippen molar-refractivity contribution in [1.29, 1.82) is 0 Å². The van der Waals surface area contributed by atoms with Crippen molar-refractivity contribution in [2.75, 3.05) is 0 Å². The molecule has 25 heavy (non-hydrogen) atoms. The van der Waals surface area contributed by atoms with Gasteiger partial charge in [-0.1, -0.05) is 54.6 Å². The van der Waals surface area contributed by atoms with Crippen LogP contribution in [0.15, 0.2) is 78.9 Å². The van der Waals surface area contributed by atoms with Crippen molar-refractivity contribution in [3.05, 3.63) is 90.2 Å². The van der Waals surface area contributed by atoms with Crippen LogP contribution >= 0.6 is 0 Å². The molecule has 4 aromatic rings. The third kappa shape index (κ3) is 3.02. The molecule has 0 amide bonds. The van der Waals surface area contributed by atoms with Crippen LogP contribution in [0.1, 0.15) is 5.56 Å². The lowest BCUT2D eigenvalue weighted by Crippen LogP contribution is -2.00. The van der Waals surface area contributed by atoms with Crippen LogP contribution in [0.5, 0.6) is 0 Å². The van der Waals surface area contributed by atoms with E-state index in [1.165, 1.54) is 17.7 Å². The molecule has 0 fully saturated rings. The summed E-state index contributed by atoms with van der Waals surface area (Å²) >= 11 is 0. The van der Waals surface area contributed by atoms with Crippen LogP contribution in [0.3, 0.4) is 0 Å². The summed E-state index contributed by atoms with van der Waals surface area (Å²) in [5.74, 6) is -0.274. The fraction of sp³-hybridized carbons (Fsp3) is 0.0455. The first-order chi connectivity index (χ1) is 12.2. The number of rotatable bonds is 3. The van der Waals surface area contributed by atoms with Gasteiger partial charge in [0.15, 0.2) is 0 Å². The zero-order valence-electron chi connectivity index (χ0n) is 13.6. The highest BCUT2D eigenvalue weighted by Crippen LogP contribution is 2.27. The number of pyridine rings is 1. The highest BCUT2D eigenvalue weighted by atomic mass is 19.1. The first-order valence-electron chi connectivity index (χ1n) is 8.20. The van der Waals surface area contributed by atoms with Gasteiger partial charge in [-0.25, -0.2) is 9.37 Å². The lowest BCUT2D eigenvalue weighted by molar-refractivity contribution is 0.629. The summed E-state index contributed by atoms with van der Waals surface area (Å²) in [4.78, 5) is 4.68. The molecular weight excluding hydrogens is 311 g/mol. The van der Waals surface area contributed by atoms with Gasteiger partial charge in [-0.15, -0.1) is 0 Å². The van der Waals surface area contributed by atoms with Crippen LogP contribution < -0.4 is 5.73 Å². The van der Waals surface area contributed by atoms with E-state index < -0.39 is 0 Å². The van der Waals surface area contributed by atoms with Crippen LogP contribution in [-0.2, 0) is 6.54 Å². The molecule has 2 N–H and O–H groups in total. The minimum Gasteiger partial charge on any atom is -0.326 e. The lowest BCUT2D eigenvalue weighted by atomic mass is 10.0. The number of fused-ring (bicyclic) bond motifs is 1. The Balaban J connectivity index is 1.78. The normalized spacial score (nSPS) is 11.0. The summed E-state index contributed by atoms with van der Waals surface area (Å²) in [6.45, 7) is 0.345. The molecule has 0 spiro atoms. The van der Waals surface area contributed by atoms with Crippen molar-refractivity contribution >= 4 is 10.9 Å². The molecule has 0 saturated heterocycles. The Morgan fingerprint density at radius 1 is 0.760 bits per heavy atom. The number of halogens is 1. The maximum Gasteiger partial charge on any atom is 0.123 e. The smallest absolute Gasteiger partial charge is 0.123 e. The van der Waals surface area contributed by atoms with E-state index in [2.05, 4.69) is 41.4 Å². The largest absolute Gasteiger partial charge is 0.326 e. The number of hydrogen-bond acceptors (Lipinski definition) is 2. The zero-order chi connectivity index (χ0) is 17.2. The number of benzene rings is 3. The van der Waals surface area contributed by atoms with Gasteiger partial charge in [0.25, 0.3) is 0 Å². The average Bonchev–Trinajstić information content (AvgIpc) is 2.68. The summed E-state index contributed by atoms with van der Waals surface area (Å²) < 4.78 is 13.5. The minimum absolute atomic E-state index is 0.274. The fourth-order valence-electron chi connectivity index (χ4n) is 3.05. The second-order valence-corrected chi connectivity index (χ2v) is 5.98. The van der Waals surface area contributed by atoms with E-state index in [4.69, 9.17) is 5.73 Å². The number of hydrogen-bond donors (Lipinski definition) is 1. The molecule has 0 unspecified atom stereocenters. The Kier molecular flexibility index (Phi) is 4.00. The van der Waals surface area contributed by atoms with Crippen LogP contribution in [0, 0.1) is 5.82 Å². The van der Waals surface area contributed by atoms with Crippen molar-refractivity contribution in [3.63, 3.8) is 0 Å². The Bertz CT molecular complexity index is 1030. The molecular formula is C22H17FN2. The molecule has 1 aromatic heterocycles. The topological polar surface area (TPSA) is 38.9 Å². The van der Waals surface area contributed by atoms with Crippen molar-refractivity contribution in [2.45, 2.75) is 6.54 Å². The van der Waals surface area contributed by atoms with E-state index in [0.717, 1.165) is 33.3 Å². The molecule has 0 aliphatic carbocycles. The second-order valence-electron chi connectivity index (χ2n) is 5.98. The quantitative estimate of drug-likeness (QED) is 0.564. The SMILES string of the molecule is NCc1cc(-c2ccc(-c3ccccc3)cc2)nc2ccc(F)cc12. The van der Waals surface area contributed by atoms with E-state index in [-0.39, 0.29) is 5.82 Å². The molecule has 1 heterocycles. The maximum atomic E-state index is 13.5. The standard InChI is InChI=1S/C22H17FN2/c23-19-10-11-21-20(13-19)18(14-24)12-22(25-21)17-8-6-16(7-9-17)15-4-2-1-3-5-15/h1-13H,14,24H2. The third-order valence-electron chi connectivity index (χ3n) is 4.36. The van der Waals surface area contributed by atoms with Gasteiger partial charge in [-0.05, 0) is 41.0 Å². The van der Waals surface area contributed by atoms with Gasteiger partial charge in [0, 0.05) is 17.5 Å². The molecule has 0 aliphatic heterocycles. The molecule has 4 rings (SSSR count). The van der Waals surface area contributed by atoms with Crippen molar-refractivity contribution in [3.8, 4) is 22.4 Å².